The van der Waals surface area contributed by atoms with Crippen LogP contribution in [0.2, 0.25) is 0 Å². The van der Waals surface area contributed by atoms with Crippen molar-refractivity contribution in [2.45, 2.75) is 39.3 Å². The molecule has 9 nitrogen and oxygen atoms in total. The summed E-state index contributed by atoms with van der Waals surface area (Å²) in [5.74, 6) is -0.0941. The van der Waals surface area contributed by atoms with E-state index in [1.807, 2.05) is 51.1 Å². The van der Waals surface area contributed by atoms with Crippen LogP contribution in [-0.2, 0) is 16.1 Å². The second-order valence-corrected chi connectivity index (χ2v) is 8.98. The Kier molecular flexibility index (Phi) is 9.77. The molecule has 1 saturated heterocycles. The van der Waals surface area contributed by atoms with Crippen LogP contribution in [0.25, 0.3) is 0 Å². The lowest BCUT2D eigenvalue weighted by Gasteiger charge is -2.35. The Morgan fingerprint density at radius 3 is 2.28 bits per heavy atom. The highest BCUT2D eigenvalue weighted by atomic mass is 16.6. The Morgan fingerprint density at radius 1 is 1.00 bits per heavy atom. The average molecular weight is 448 g/mol. The van der Waals surface area contributed by atoms with Gasteiger partial charge in [0.2, 0.25) is 5.91 Å². The van der Waals surface area contributed by atoms with Gasteiger partial charge >= 0.3 is 12.1 Å². The fraction of sp³-hybridized carbons (Fsp3) is 0.609. The van der Waals surface area contributed by atoms with Gasteiger partial charge in [-0.25, -0.2) is 9.59 Å². The second kappa shape index (κ2) is 12.3. The number of amides is 4. The highest BCUT2D eigenvalue weighted by Crippen LogP contribution is 2.11. The Labute approximate surface area is 191 Å². The van der Waals surface area contributed by atoms with Crippen molar-refractivity contribution in [3.63, 3.8) is 0 Å². The number of ether oxygens (including phenoxy) is 1. The van der Waals surface area contributed by atoms with Crippen LogP contribution in [0.1, 0.15) is 32.8 Å². The van der Waals surface area contributed by atoms with Gasteiger partial charge in [0.05, 0.1) is 0 Å². The fourth-order valence-corrected chi connectivity index (χ4v) is 3.27. The van der Waals surface area contributed by atoms with E-state index in [0.29, 0.717) is 32.7 Å². The predicted octanol–water partition coefficient (Wildman–Crippen LogP) is 1.89. The topological polar surface area (TPSA) is 94.2 Å². The maximum Gasteiger partial charge on any atom is 0.410 e. The van der Waals surface area contributed by atoms with Crippen LogP contribution in [0.4, 0.5) is 9.59 Å². The molecule has 0 bridgehead atoms. The molecular weight excluding hydrogens is 410 g/mol. The molecule has 1 aromatic rings. The standard InChI is InChI=1S/C23H37N5O4/c1-23(2,3)32-22(31)28-16-14-27(15-17-28)13-12-24-20(29)10-11-25-21(30)26(4)18-19-8-6-5-7-9-19/h5-9H,10-18H2,1-4H3,(H,24,29)(H,25,30). The minimum Gasteiger partial charge on any atom is -0.444 e. The molecule has 0 radical (unpaired) electrons. The highest BCUT2D eigenvalue weighted by molar-refractivity contribution is 5.78. The van der Waals surface area contributed by atoms with Crippen molar-refractivity contribution >= 4 is 18.0 Å². The summed E-state index contributed by atoms with van der Waals surface area (Å²) in [6, 6.07) is 9.54. The lowest BCUT2D eigenvalue weighted by Crippen LogP contribution is -2.51. The molecule has 0 atom stereocenters. The zero-order valence-corrected chi connectivity index (χ0v) is 19.7. The van der Waals surface area contributed by atoms with Gasteiger partial charge in [-0.3, -0.25) is 9.69 Å². The van der Waals surface area contributed by atoms with Crippen LogP contribution in [0.3, 0.4) is 0 Å². The van der Waals surface area contributed by atoms with E-state index in [2.05, 4.69) is 15.5 Å². The van der Waals surface area contributed by atoms with E-state index in [0.717, 1.165) is 25.2 Å². The molecule has 1 heterocycles. The van der Waals surface area contributed by atoms with E-state index < -0.39 is 5.60 Å². The first-order valence-electron chi connectivity index (χ1n) is 11.1. The third-order valence-corrected chi connectivity index (χ3v) is 5.01. The van der Waals surface area contributed by atoms with E-state index in [1.54, 1.807) is 16.8 Å². The van der Waals surface area contributed by atoms with Crippen molar-refractivity contribution in [2.75, 3.05) is 52.9 Å². The molecule has 2 rings (SSSR count). The van der Waals surface area contributed by atoms with Crippen molar-refractivity contribution in [3.05, 3.63) is 35.9 Å². The molecule has 0 aliphatic carbocycles. The van der Waals surface area contributed by atoms with Crippen LogP contribution in [0, 0.1) is 0 Å². The summed E-state index contributed by atoms with van der Waals surface area (Å²) in [4.78, 5) is 41.8. The predicted molar refractivity (Wildman–Crippen MR) is 123 cm³/mol. The minimum absolute atomic E-state index is 0.0941. The average Bonchev–Trinajstić information content (AvgIpc) is 2.73. The quantitative estimate of drug-likeness (QED) is 0.635. The van der Waals surface area contributed by atoms with Gasteiger partial charge in [-0.1, -0.05) is 30.3 Å². The second-order valence-electron chi connectivity index (χ2n) is 8.98. The van der Waals surface area contributed by atoms with E-state index in [4.69, 9.17) is 4.74 Å². The first kappa shape index (κ1) is 25.5. The van der Waals surface area contributed by atoms with E-state index in [9.17, 15) is 14.4 Å². The van der Waals surface area contributed by atoms with Gasteiger partial charge in [0.15, 0.2) is 0 Å². The van der Waals surface area contributed by atoms with Gasteiger partial charge in [-0.2, -0.15) is 0 Å². The molecule has 4 amide bonds. The number of benzene rings is 1. The Morgan fingerprint density at radius 2 is 1.66 bits per heavy atom. The molecule has 0 saturated carbocycles. The molecule has 9 heteroatoms. The molecule has 1 aromatic carbocycles. The summed E-state index contributed by atoms with van der Waals surface area (Å²) >= 11 is 0. The van der Waals surface area contributed by atoms with Crippen molar-refractivity contribution in [3.8, 4) is 0 Å². The number of piperazine rings is 1. The molecule has 0 unspecified atom stereocenters. The number of urea groups is 1. The van der Waals surface area contributed by atoms with Crippen molar-refractivity contribution < 1.29 is 19.1 Å². The number of nitrogens with one attached hydrogen (secondary N) is 2. The summed E-state index contributed by atoms with van der Waals surface area (Å²) in [5.41, 5.74) is 0.560. The summed E-state index contributed by atoms with van der Waals surface area (Å²) in [7, 11) is 1.73. The highest BCUT2D eigenvalue weighted by Gasteiger charge is 2.25. The fourth-order valence-electron chi connectivity index (χ4n) is 3.27. The SMILES string of the molecule is CN(Cc1ccccc1)C(=O)NCCC(=O)NCCN1CCN(C(=O)OC(C)(C)C)CC1. The van der Waals surface area contributed by atoms with Crippen LogP contribution < -0.4 is 10.6 Å². The van der Waals surface area contributed by atoms with E-state index in [1.165, 1.54) is 0 Å². The van der Waals surface area contributed by atoms with E-state index >= 15 is 0 Å². The van der Waals surface area contributed by atoms with Crippen molar-refractivity contribution in [2.24, 2.45) is 0 Å². The van der Waals surface area contributed by atoms with Gasteiger partial charge in [-0.15, -0.1) is 0 Å². The monoisotopic (exact) mass is 447 g/mol. The Balaban J connectivity index is 1.54. The number of hydrogen-bond donors (Lipinski definition) is 2. The van der Waals surface area contributed by atoms with Crippen LogP contribution in [0.15, 0.2) is 30.3 Å². The molecule has 0 spiro atoms. The lowest BCUT2D eigenvalue weighted by molar-refractivity contribution is -0.121. The third kappa shape index (κ3) is 9.55. The van der Waals surface area contributed by atoms with Crippen LogP contribution in [0.5, 0.6) is 0 Å². The molecule has 178 valence electrons. The summed E-state index contributed by atoms with van der Waals surface area (Å²) in [6.07, 6.45) is -0.0425. The minimum atomic E-state index is -0.491. The zero-order chi connectivity index (χ0) is 23.6. The van der Waals surface area contributed by atoms with Gasteiger partial charge in [0.1, 0.15) is 5.60 Å². The number of rotatable bonds is 8. The van der Waals surface area contributed by atoms with Crippen molar-refractivity contribution in [1.82, 2.24) is 25.3 Å². The number of hydrogen-bond acceptors (Lipinski definition) is 5. The molecule has 1 fully saturated rings. The van der Waals surface area contributed by atoms with Gasteiger partial charge in [0, 0.05) is 65.8 Å². The number of carbonyl (C=O) groups is 3. The summed E-state index contributed by atoms with van der Waals surface area (Å²) in [5, 5.41) is 5.66. The molecular formula is C23H37N5O4. The number of carbonyl (C=O) groups excluding carboxylic acids is 3. The maximum atomic E-state index is 12.1. The summed E-state index contributed by atoms with van der Waals surface area (Å²) in [6.45, 7) is 10.4. The van der Waals surface area contributed by atoms with E-state index in [-0.39, 0.29) is 24.5 Å². The lowest BCUT2D eigenvalue weighted by atomic mass is 10.2. The van der Waals surface area contributed by atoms with Gasteiger partial charge < -0.3 is 25.2 Å². The Hall–Kier alpha value is -2.81. The molecule has 0 aromatic heterocycles. The zero-order valence-electron chi connectivity index (χ0n) is 19.7. The smallest absolute Gasteiger partial charge is 0.410 e. The first-order valence-corrected chi connectivity index (χ1v) is 11.1. The normalized spacial score (nSPS) is 14.6. The molecule has 32 heavy (non-hydrogen) atoms. The van der Waals surface area contributed by atoms with Crippen LogP contribution >= 0.6 is 0 Å². The maximum absolute atomic E-state index is 12.1. The molecule has 1 aliphatic heterocycles. The molecule has 1 aliphatic rings. The van der Waals surface area contributed by atoms with Crippen LogP contribution in [-0.4, -0.2) is 91.2 Å². The number of nitrogens with zero attached hydrogens (tertiary/aromatic N) is 3. The Bertz CT molecular complexity index is 743. The molecule has 2 N–H and O–H groups in total. The third-order valence-electron chi connectivity index (χ3n) is 5.01. The summed E-state index contributed by atoms with van der Waals surface area (Å²) < 4.78 is 5.40. The van der Waals surface area contributed by atoms with Crippen molar-refractivity contribution in [1.29, 1.82) is 0 Å². The largest absolute Gasteiger partial charge is 0.444 e. The van der Waals surface area contributed by atoms with Gasteiger partial charge in [-0.05, 0) is 26.3 Å². The van der Waals surface area contributed by atoms with Gasteiger partial charge in [0.25, 0.3) is 0 Å². The first-order chi connectivity index (χ1) is 15.1.